The SMILES string of the molecule is O=C(NC[C@H](O)CN1CCC2C(CCC(OCC3CNCO3)C2Cl)C1)C1CCNC(NC2CCCCC2)C1. The van der Waals surface area contributed by atoms with Gasteiger partial charge in [0.25, 0.3) is 0 Å². The Balaban J connectivity index is 0.986. The molecule has 3 heterocycles. The first-order chi connectivity index (χ1) is 18.5. The van der Waals surface area contributed by atoms with E-state index in [1.54, 1.807) is 0 Å². The molecular formula is C28H50ClN5O4. The first-order valence-corrected chi connectivity index (χ1v) is 15.7. The average Bonchev–Trinajstić information content (AvgIpc) is 3.46. The van der Waals surface area contributed by atoms with Crippen molar-refractivity contribution >= 4 is 17.5 Å². The van der Waals surface area contributed by atoms with E-state index >= 15 is 0 Å². The molecular weight excluding hydrogens is 506 g/mol. The number of rotatable bonds is 10. The van der Waals surface area contributed by atoms with Crippen molar-refractivity contribution < 1.29 is 19.4 Å². The molecule has 0 aromatic carbocycles. The Morgan fingerprint density at radius 1 is 1.16 bits per heavy atom. The van der Waals surface area contributed by atoms with Crippen LogP contribution in [0.15, 0.2) is 0 Å². The lowest BCUT2D eigenvalue weighted by Gasteiger charge is -2.46. The maximum absolute atomic E-state index is 12.9. The summed E-state index contributed by atoms with van der Waals surface area (Å²) < 4.78 is 11.8. The number of nitrogens with one attached hydrogen (secondary N) is 4. The molecule has 1 amide bonds. The Labute approximate surface area is 233 Å². The number of hydrogen-bond donors (Lipinski definition) is 5. The van der Waals surface area contributed by atoms with Gasteiger partial charge in [0.05, 0.1) is 43.2 Å². The monoisotopic (exact) mass is 555 g/mol. The molecule has 5 N–H and O–H groups in total. The van der Waals surface area contributed by atoms with Crippen LogP contribution in [0.5, 0.6) is 0 Å². The van der Waals surface area contributed by atoms with Gasteiger partial charge in [0.1, 0.15) is 0 Å². The zero-order valence-electron chi connectivity index (χ0n) is 22.9. The molecule has 0 spiro atoms. The van der Waals surface area contributed by atoms with Gasteiger partial charge in [-0.15, -0.1) is 11.6 Å². The van der Waals surface area contributed by atoms with Crippen molar-refractivity contribution in [2.75, 3.05) is 52.6 Å². The van der Waals surface area contributed by atoms with Crippen LogP contribution in [0.4, 0.5) is 0 Å². The van der Waals surface area contributed by atoms with Gasteiger partial charge in [-0.25, -0.2) is 0 Å². The average molecular weight is 556 g/mol. The topological polar surface area (TPSA) is 107 Å². The number of alkyl halides is 1. The summed E-state index contributed by atoms with van der Waals surface area (Å²) in [5.41, 5.74) is 0. The predicted octanol–water partition coefficient (Wildman–Crippen LogP) is 1.38. The highest BCUT2D eigenvalue weighted by molar-refractivity contribution is 6.21. The lowest BCUT2D eigenvalue weighted by molar-refractivity contribution is -0.126. The first kappa shape index (κ1) is 29.0. The van der Waals surface area contributed by atoms with Crippen LogP contribution in [0, 0.1) is 17.8 Å². The van der Waals surface area contributed by atoms with Crippen molar-refractivity contribution in [2.45, 2.75) is 100 Å². The number of hydrogen-bond acceptors (Lipinski definition) is 8. The molecule has 5 rings (SSSR count). The highest BCUT2D eigenvalue weighted by Crippen LogP contribution is 2.40. The van der Waals surface area contributed by atoms with Crippen LogP contribution >= 0.6 is 11.6 Å². The molecule has 8 atom stereocenters. The Morgan fingerprint density at radius 3 is 2.84 bits per heavy atom. The second-order valence-corrected chi connectivity index (χ2v) is 12.9. The van der Waals surface area contributed by atoms with Crippen LogP contribution in [0.2, 0.25) is 0 Å². The second-order valence-electron chi connectivity index (χ2n) is 12.4. The molecule has 7 unspecified atom stereocenters. The normalized spacial score (nSPS) is 38.0. The Hall–Kier alpha value is -0.520. The van der Waals surface area contributed by atoms with E-state index in [0.717, 1.165) is 58.3 Å². The number of aliphatic hydroxyl groups excluding tert-OH is 1. The molecule has 0 aromatic heterocycles. The summed E-state index contributed by atoms with van der Waals surface area (Å²) in [7, 11) is 0. The van der Waals surface area contributed by atoms with E-state index in [4.69, 9.17) is 21.1 Å². The van der Waals surface area contributed by atoms with Crippen molar-refractivity contribution in [2.24, 2.45) is 17.8 Å². The predicted molar refractivity (Wildman–Crippen MR) is 148 cm³/mol. The van der Waals surface area contributed by atoms with Gasteiger partial charge in [-0.1, -0.05) is 19.3 Å². The number of nitrogens with zero attached hydrogens (tertiary/aromatic N) is 1. The van der Waals surface area contributed by atoms with Crippen LogP contribution in [0.3, 0.4) is 0 Å². The van der Waals surface area contributed by atoms with Crippen molar-refractivity contribution in [3.05, 3.63) is 0 Å². The van der Waals surface area contributed by atoms with E-state index in [0.29, 0.717) is 44.3 Å². The van der Waals surface area contributed by atoms with Crippen LogP contribution < -0.4 is 21.3 Å². The number of fused-ring (bicyclic) bond motifs is 1. The molecule has 5 fully saturated rings. The van der Waals surface area contributed by atoms with Gasteiger partial charge >= 0.3 is 0 Å². The lowest BCUT2D eigenvalue weighted by atomic mass is 9.73. The van der Waals surface area contributed by atoms with Crippen molar-refractivity contribution in [3.8, 4) is 0 Å². The number of likely N-dealkylation sites (tertiary alicyclic amines) is 1. The van der Waals surface area contributed by atoms with Gasteiger partial charge in [-0.05, 0) is 69.9 Å². The van der Waals surface area contributed by atoms with Crippen LogP contribution in [-0.2, 0) is 14.3 Å². The number of ether oxygens (including phenoxy) is 2. The minimum absolute atomic E-state index is 0.00911. The van der Waals surface area contributed by atoms with Gasteiger partial charge in [0.15, 0.2) is 0 Å². The molecule has 10 heteroatoms. The number of piperidine rings is 2. The summed E-state index contributed by atoms with van der Waals surface area (Å²) in [6.45, 7) is 5.73. The van der Waals surface area contributed by atoms with Gasteiger partial charge in [0.2, 0.25) is 5.91 Å². The fraction of sp³-hybridized carbons (Fsp3) is 0.964. The number of carbonyl (C=O) groups is 1. The fourth-order valence-corrected chi connectivity index (χ4v) is 7.89. The smallest absolute Gasteiger partial charge is 0.223 e. The van der Waals surface area contributed by atoms with Gasteiger partial charge in [-0.2, -0.15) is 0 Å². The van der Waals surface area contributed by atoms with Crippen LogP contribution in [0.25, 0.3) is 0 Å². The van der Waals surface area contributed by atoms with E-state index in [2.05, 4.69) is 26.2 Å². The number of amides is 1. The Bertz CT molecular complexity index is 738. The molecule has 2 aliphatic carbocycles. The molecule has 218 valence electrons. The minimum atomic E-state index is -0.556. The van der Waals surface area contributed by atoms with Crippen molar-refractivity contribution in [3.63, 3.8) is 0 Å². The summed E-state index contributed by atoms with van der Waals surface area (Å²) in [6.07, 6.45) is 11.1. The largest absolute Gasteiger partial charge is 0.390 e. The number of carbonyl (C=O) groups excluding carboxylic acids is 1. The standard InChI is InChI=1S/C28H50ClN5O4/c29-27-24-9-11-34(15-20(24)6-7-25(27)37-17-23-14-30-18-38-23)16-22(35)13-32-28(36)19-8-10-31-26(12-19)33-21-4-2-1-3-5-21/h19-27,30-31,33,35H,1-18H2,(H,32,36)/t19?,20?,22-,23?,24?,25?,26?,27?/m0/s1. The molecule has 0 bridgehead atoms. The third-order valence-corrected chi connectivity index (χ3v) is 10.2. The van der Waals surface area contributed by atoms with Crippen molar-refractivity contribution in [1.29, 1.82) is 0 Å². The second kappa shape index (κ2) is 14.4. The van der Waals surface area contributed by atoms with E-state index in [9.17, 15) is 9.90 Å². The molecule has 3 saturated heterocycles. The van der Waals surface area contributed by atoms with Crippen LogP contribution in [-0.4, -0.2) is 104 Å². The fourth-order valence-electron chi connectivity index (χ4n) is 7.36. The Kier molecular flexibility index (Phi) is 11.0. The minimum Gasteiger partial charge on any atom is -0.390 e. The van der Waals surface area contributed by atoms with E-state index in [-0.39, 0.29) is 35.6 Å². The van der Waals surface area contributed by atoms with Gasteiger partial charge in [0, 0.05) is 38.1 Å². The van der Waals surface area contributed by atoms with Gasteiger partial charge < -0.3 is 30.1 Å². The highest BCUT2D eigenvalue weighted by Gasteiger charge is 2.42. The van der Waals surface area contributed by atoms with Crippen LogP contribution in [0.1, 0.15) is 64.2 Å². The molecule has 2 saturated carbocycles. The molecule has 3 aliphatic heterocycles. The number of halogens is 1. The molecule has 0 aromatic rings. The molecule has 0 radical (unpaired) electrons. The Morgan fingerprint density at radius 2 is 2.03 bits per heavy atom. The first-order valence-electron chi connectivity index (χ1n) is 15.3. The van der Waals surface area contributed by atoms with Gasteiger partial charge in [-0.3, -0.25) is 15.4 Å². The maximum atomic E-state index is 12.9. The molecule has 5 aliphatic rings. The number of aliphatic hydroxyl groups is 1. The summed E-state index contributed by atoms with van der Waals surface area (Å²) in [6, 6.07) is 0.578. The summed E-state index contributed by atoms with van der Waals surface area (Å²) >= 11 is 6.91. The highest BCUT2D eigenvalue weighted by atomic mass is 35.5. The van der Waals surface area contributed by atoms with E-state index in [1.165, 1.54) is 32.1 Å². The zero-order chi connectivity index (χ0) is 26.3. The third kappa shape index (κ3) is 8.03. The molecule has 38 heavy (non-hydrogen) atoms. The zero-order valence-corrected chi connectivity index (χ0v) is 23.7. The maximum Gasteiger partial charge on any atom is 0.223 e. The summed E-state index contributed by atoms with van der Waals surface area (Å²) in [5.74, 6) is 1.10. The summed E-state index contributed by atoms with van der Waals surface area (Å²) in [4.78, 5) is 15.3. The number of β-amino-alcohol motifs (C(OH)–C–C–N with tert-alkyl or cyclic N) is 1. The van der Waals surface area contributed by atoms with E-state index < -0.39 is 6.10 Å². The third-order valence-electron chi connectivity index (χ3n) is 9.55. The quantitative estimate of drug-likeness (QED) is 0.257. The summed E-state index contributed by atoms with van der Waals surface area (Å²) in [5, 5.41) is 24.3. The van der Waals surface area contributed by atoms with E-state index in [1.807, 2.05) is 0 Å². The van der Waals surface area contributed by atoms with Crippen molar-refractivity contribution in [1.82, 2.24) is 26.2 Å². The molecule has 9 nitrogen and oxygen atoms in total. The lowest BCUT2D eigenvalue weighted by Crippen LogP contribution is -2.54.